The molecule has 3 nitrogen and oxygen atoms in total. The van der Waals surface area contributed by atoms with Crippen LogP contribution >= 0.6 is 0 Å². The van der Waals surface area contributed by atoms with Crippen LogP contribution in [0.15, 0.2) is 35.3 Å². The van der Waals surface area contributed by atoms with Crippen LogP contribution in [0.3, 0.4) is 0 Å². The lowest BCUT2D eigenvalue weighted by Gasteiger charge is -2.21. The predicted octanol–water partition coefficient (Wildman–Crippen LogP) is 2.27. The number of rotatable bonds is 3. The summed E-state index contributed by atoms with van der Waals surface area (Å²) >= 11 is 0. The highest BCUT2D eigenvalue weighted by Crippen LogP contribution is 2.34. The maximum Gasteiger partial charge on any atom is 0.397 e. The second kappa shape index (κ2) is 5.50. The number of alkyl halides is 3. The third-order valence-corrected chi connectivity index (χ3v) is 2.98. The smallest absolute Gasteiger partial charge is 0.355 e. The van der Waals surface area contributed by atoms with Crippen LogP contribution in [0, 0.1) is 0 Å². The van der Waals surface area contributed by atoms with Crippen LogP contribution in [0.4, 0.5) is 13.2 Å². The number of nitrogens with zero attached hydrogens (tertiary/aromatic N) is 1. The molecule has 6 heteroatoms. The number of hydrogen-bond donors (Lipinski definition) is 2. The number of hydrogen-bond acceptors (Lipinski definition) is 3. The van der Waals surface area contributed by atoms with E-state index in [2.05, 4.69) is 15.6 Å². The van der Waals surface area contributed by atoms with E-state index in [0.29, 0.717) is 12.5 Å². The van der Waals surface area contributed by atoms with Crippen molar-refractivity contribution in [2.45, 2.75) is 25.1 Å². The van der Waals surface area contributed by atoms with Crippen molar-refractivity contribution in [3.63, 3.8) is 0 Å². The first-order chi connectivity index (χ1) is 8.97. The fourth-order valence-electron chi connectivity index (χ4n) is 1.97. The van der Waals surface area contributed by atoms with Gasteiger partial charge in [0.15, 0.2) is 5.96 Å². The molecular weight excluding hydrogens is 255 g/mol. The van der Waals surface area contributed by atoms with Crippen molar-refractivity contribution in [2.24, 2.45) is 4.99 Å². The largest absolute Gasteiger partial charge is 0.397 e. The Morgan fingerprint density at radius 1 is 1.37 bits per heavy atom. The van der Waals surface area contributed by atoms with Gasteiger partial charge in [-0.1, -0.05) is 30.3 Å². The fourth-order valence-corrected chi connectivity index (χ4v) is 1.97. The SMILES string of the molecule is CC1CN=C(NCC(c2ccccc2)C(F)(F)F)N1. The summed E-state index contributed by atoms with van der Waals surface area (Å²) in [6, 6.07) is 8.08. The van der Waals surface area contributed by atoms with Crippen LogP contribution in [0.5, 0.6) is 0 Å². The minimum absolute atomic E-state index is 0.170. The van der Waals surface area contributed by atoms with E-state index in [9.17, 15) is 13.2 Å². The van der Waals surface area contributed by atoms with Crippen LogP contribution in [-0.2, 0) is 0 Å². The first-order valence-corrected chi connectivity index (χ1v) is 6.13. The number of aliphatic imine (C=N–C) groups is 1. The van der Waals surface area contributed by atoms with Crippen LogP contribution in [0.2, 0.25) is 0 Å². The van der Waals surface area contributed by atoms with Gasteiger partial charge in [0.25, 0.3) is 0 Å². The Bertz CT molecular complexity index is 442. The predicted molar refractivity (Wildman–Crippen MR) is 68.1 cm³/mol. The molecule has 2 N–H and O–H groups in total. The Kier molecular flexibility index (Phi) is 3.97. The number of guanidine groups is 1. The zero-order chi connectivity index (χ0) is 13.9. The molecule has 2 atom stereocenters. The summed E-state index contributed by atoms with van der Waals surface area (Å²) in [7, 11) is 0. The summed E-state index contributed by atoms with van der Waals surface area (Å²) in [5, 5.41) is 5.72. The molecule has 0 saturated heterocycles. The molecule has 0 amide bonds. The van der Waals surface area contributed by atoms with E-state index in [1.54, 1.807) is 18.2 Å². The Balaban J connectivity index is 2.04. The van der Waals surface area contributed by atoms with Gasteiger partial charge < -0.3 is 10.6 Å². The van der Waals surface area contributed by atoms with Gasteiger partial charge in [-0.25, -0.2) is 0 Å². The number of halogens is 3. The summed E-state index contributed by atoms with van der Waals surface area (Å²) in [6.45, 7) is 2.30. The van der Waals surface area contributed by atoms with E-state index in [4.69, 9.17) is 0 Å². The highest BCUT2D eigenvalue weighted by atomic mass is 19.4. The second-order valence-electron chi connectivity index (χ2n) is 4.62. The first kappa shape index (κ1) is 13.7. The third-order valence-electron chi connectivity index (χ3n) is 2.98. The Hall–Kier alpha value is -1.72. The molecule has 0 aliphatic carbocycles. The van der Waals surface area contributed by atoms with Crippen LogP contribution in [0.1, 0.15) is 18.4 Å². The van der Waals surface area contributed by atoms with E-state index in [1.807, 2.05) is 6.92 Å². The van der Waals surface area contributed by atoms with Crippen LogP contribution in [0.25, 0.3) is 0 Å². The van der Waals surface area contributed by atoms with Gasteiger partial charge in [-0.15, -0.1) is 0 Å². The fraction of sp³-hybridized carbons (Fsp3) is 0.462. The molecular formula is C13H16F3N3. The molecule has 2 unspecified atom stereocenters. The van der Waals surface area contributed by atoms with Gasteiger partial charge in [0.2, 0.25) is 0 Å². The second-order valence-corrected chi connectivity index (χ2v) is 4.62. The highest BCUT2D eigenvalue weighted by Gasteiger charge is 2.40. The van der Waals surface area contributed by atoms with Crippen molar-refractivity contribution in [1.82, 2.24) is 10.6 Å². The maximum atomic E-state index is 13.1. The molecule has 0 bridgehead atoms. The summed E-state index contributed by atoms with van der Waals surface area (Å²) in [5.74, 6) is -1.09. The van der Waals surface area contributed by atoms with Crippen LogP contribution < -0.4 is 10.6 Å². The molecule has 1 aromatic carbocycles. The van der Waals surface area contributed by atoms with Crippen molar-refractivity contribution in [1.29, 1.82) is 0 Å². The third kappa shape index (κ3) is 3.62. The highest BCUT2D eigenvalue weighted by molar-refractivity contribution is 5.81. The minimum Gasteiger partial charge on any atom is -0.355 e. The quantitative estimate of drug-likeness (QED) is 0.884. The molecule has 1 aliphatic heterocycles. The van der Waals surface area contributed by atoms with Crippen molar-refractivity contribution >= 4 is 5.96 Å². The zero-order valence-corrected chi connectivity index (χ0v) is 10.5. The van der Waals surface area contributed by atoms with Gasteiger partial charge in [0.1, 0.15) is 0 Å². The summed E-state index contributed by atoms with van der Waals surface area (Å²) in [5.41, 5.74) is 0.258. The number of nitrogens with one attached hydrogen (secondary N) is 2. The van der Waals surface area contributed by atoms with Gasteiger partial charge in [0.05, 0.1) is 12.5 Å². The van der Waals surface area contributed by atoms with Gasteiger partial charge in [-0.3, -0.25) is 4.99 Å². The van der Waals surface area contributed by atoms with Gasteiger partial charge in [0, 0.05) is 12.6 Å². The molecule has 2 rings (SSSR count). The molecule has 0 saturated carbocycles. The summed E-state index contributed by atoms with van der Waals surface area (Å²) in [4.78, 5) is 4.09. The van der Waals surface area contributed by atoms with Crippen LogP contribution in [-0.4, -0.2) is 31.3 Å². The number of benzene rings is 1. The molecule has 104 valence electrons. The van der Waals surface area contributed by atoms with Gasteiger partial charge in [-0.2, -0.15) is 13.2 Å². The Morgan fingerprint density at radius 3 is 2.58 bits per heavy atom. The van der Waals surface area contributed by atoms with Crippen molar-refractivity contribution in [2.75, 3.05) is 13.1 Å². The van der Waals surface area contributed by atoms with Gasteiger partial charge >= 0.3 is 6.18 Å². The Labute approximate surface area is 109 Å². The summed E-state index contributed by atoms with van der Waals surface area (Å²) < 4.78 is 39.2. The standard InChI is InChI=1S/C13H16F3N3/c1-9-7-17-12(19-9)18-8-11(13(14,15)16)10-5-3-2-4-6-10/h2-6,9,11H,7-8H2,1H3,(H2,17,18,19). The van der Waals surface area contributed by atoms with Gasteiger partial charge in [-0.05, 0) is 12.5 Å². The normalized spacial score (nSPS) is 20.6. The molecule has 19 heavy (non-hydrogen) atoms. The maximum absolute atomic E-state index is 13.1. The summed E-state index contributed by atoms with van der Waals surface area (Å²) in [6.07, 6.45) is -4.28. The topological polar surface area (TPSA) is 36.4 Å². The monoisotopic (exact) mass is 271 g/mol. The zero-order valence-electron chi connectivity index (χ0n) is 10.5. The first-order valence-electron chi connectivity index (χ1n) is 6.13. The molecule has 0 spiro atoms. The lowest BCUT2D eigenvalue weighted by Crippen LogP contribution is -2.41. The Morgan fingerprint density at radius 2 is 2.05 bits per heavy atom. The van der Waals surface area contributed by atoms with E-state index < -0.39 is 12.1 Å². The van der Waals surface area contributed by atoms with Crippen molar-refractivity contribution in [3.8, 4) is 0 Å². The lowest BCUT2D eigenvalue weighted by atomic mass is 9.98. The van der Waals surface area contributed by atoms with E-state index >= 15 is 0 Å². The average molecular weight is 271 g/mol. The molecule has 0 radical (unpaired) electrons. The lowest BCUT2D eigenvalue weighted by molar-refractivity contribution is -0.148. The average Bonchev–Trinajstić information content (AvgIpc) is 2.75. The molecule has 0 fully saturated rings. The minimum atomic E-state index is -4.28. The van der Waals surface area contributed by atoms with Crippen molar-refractivity contribution in [3.05, 3.63) is 35.9 Å². The molecule has 1 heterocycles. The molecule has 1 aromatic rings. The molecule has 0 aromatic heterocycles. The molecule has 1 aliphatic rings. The van der Waals surface area contributed by atoms with E-state index in [-0.39, 0.29) is 18.2 Å². The van der Waals surface area contributed by atoms with E-state index in [1.165, 1.54) is 12.1 Å². The van der Waals surface area contributed by atoms with Crippen molar-refractivity contribution < 1.29 is 13.2 Å². The van der Waals surface area contributed by atoms with E-state index in [0.717, 1.165) is 0 Å².